The molecule has 0 aliphatic carbocycles. The maximum absolute atomic E-state index is 13.0. The molecule has 2 heterocycles. The SMILES string of the molecule is Cc1ccc(-c2nc(CCOc3cccc(CN(CC(=O)O)S(=O)(=O)C4CNCCO4)c3)c(C)o2)cc1. The Morgan fingerprint density at radius 2 is 2.00 bits per heavy atom. The molecule has 1 aliphatic heterocycles. The predicted molar refractivity (Wildman–Crippen MR) is 137 cm³/mol. The summed E-state index contributed by atoms with van der Waals surface area (Å²) in [5.41, 5.74) is 2.34. The number of aromatic nitrogens is 1. The third kappa shape index (κ3) is 6.95. The Balaban J connectivity index is 1.39. The van der Waals surface area contributed by atoms with Crippen LogP contribution in [0, 0.1) is 13.8 Å². The Morgan fingerprint density at radius 3 is 2.70 bits per heavy atom. The van der Waals surface area contributed by atoms with E-state index >= 15 is 0 Å². The fourth-order valence-corrected chi connectivity index (χ4v) is 5.52. The van der Waals surface area contributed by atoms with Gasteiger partial charge >= 0.3 is 5.97 Å². The first-order chi connectivity index (χ1) is 17.7. The third-order valence-corrected chi connectivity index (χ3v) is 7.90. The molecular weight excluding hydrogens is 498 g/mol. The van der Waals surface area contributed by atoms with E-state index in [0.717, 1.165) is 26.9 Å². The summed E-state index contributed by atoms with van der Waals surface area (Å²) < 4.78 is 44.1. The van der Waals surface area contributed by atoms with E-state index in [9.17, 15) is 18.3 Å². The van der Waals surface area contributed by atoms with Crippen molar-refractivity contribution in [3.63, 3.8) is 0 Å². The molecule has 198 valence electrons. The van der Waals surface area contributed by atoms with Gasteiger partial charge in [-0.05, 0) is 43.7 Å². The van der Waals surface area contributed by atoms with Crippen molar-refractivity contribution in [2.75, 3.05) is 32.8 Å². The fourth-order valence-electron chi connectivity index (χ4n) is 3.97. The molecule has 1 unspecified atom stereocenters. The highest BCUT2D eigenvalue weighted by Crippen LogP contribution is 2.23. The molecule has 1 aromatic heterocycles. The first-order valence-corrected chi connectivity index (χ1v) is 13.5. The lowest BCUT2D eigenvalue weighted by Gasteiger charge is -2.29. The van der Waals surface area contributed by atoms with E-state index in [1.54, 1.807) is 24.3 Å². The van der Waals surface area contributed by atoms with E-state index in [0.29, 0.717) is 36.8 Å². The van der Waals surface area contributed by atoms with Gasteiger partial charge in [-0.2, -0.15) is 4.31 Å². The number of morpholine rings is 1. The van der Waals surface area contributed by atoms with Gasteiger partial charge < -0.3 is 24.3 Å². The van der Waals surface area contributed by atoms with E-state index in [4.69, 9.17) is 13.9 Å². The zero-order valence-corrected chi connectivity index (χ0v) is 21.7. The van der Waals surface area contributed by atoms with Crippen LogP contribution in [-0.2, 0) is 32.5 Å². The maximum Gasteiger partial charge on any atom is 0.318 e. The number of nitrogens with one attached hydrogen (secondary N) is 1. The molecule has 2 N–H and O–H groups in total. The lowest BCUT2D eigenvalue weighted by molar-refractivity contribution is -0.137. The van der Waals surface area contributed by atoms with Crippen molar-refractivity contribution < 1.29 is 32.2 Å². The van der Waals surface area contributed by atoms with Crippen LogP contribution in [0.2, 0.25) is 0 Å². The number of benzene rings is 2. The highest BCUT2D eigenvalue weighted by molar-refractivity contribution is 7.89. The molecule has 10 nitrogen and oxygen atoms in total. The number of carbonyl (C=O) groups is 1. The lowest BCUT2D eigenvalue weighted by atomic mass is 10.1. The average Bonchev–Trinajstić information content (AvgIpc) is 3.25. The number of nitrogens with zero attached hydrogens (tertiary/aromatic N) is 2. The molecule has 1 aliphatic rings. The number of oxazole rings is 1. The Morgan fingerprint density at radius 1 is 1.22 bits per heavy atom. The lowest BCUT2D eigenvalue weighted by Crippen LogP contribution is -2.49. The number of carboxylic acids is 1. The number of aliphatic carboxylic acids is 1. The standard InChI is InChI=1S/C26H31N3O7S/c1-18-6-8-21(9-7-18)26-28-23(19(2)36-26)10-12-34-22-5-3-4-20(14-22)16-29(17-24(30)31)37(32,33)25-15-27-11-13-35-25/h3-9,14,25,27H,10-13,15-17H2,1-2H3,(H,30,31). The largest absolute Gasteiger partial charge is 0.493 e. The molecule has 0 bridgehead atoms. The molecule has 4 rings (SSSR count). The monoisotopic (exact) mass is 529 g/mol. The summed E-state index contributed by atoms with van der Waals surface area (Å²) in [7, 11) is -4.00. The second-order valence-corrected chi connectivity index (χ2v) is 10.9. The maximum atomic E-state index is 13.0. The van der Waals surface area contributed by atoms with Crippen LogP contribution >= 0.6 is 0 Å². The number of sulfonamides is 1. The Hall–Kier alpha value is -3.25. The molecule has 37 heavy (non-hydrogen) atoms. The zero-order valence-electron chi connectivity index (χ0n) is 20.8. The molecule has 0 radical (unpaired) electrons. The summed E-state index contributed by atoms with van der Waals surface area (Å²) in [5, 5.41) is 12.3. The first-order valence-electron chi connectivity index (χ1n) is 12.0. The highest BCUT2D eigenvalue weighted by atomic mass is 32.2. The number of ether oxygens (including phenoxy) is 2. The van der Waals surface area contributed by atoms with Gasteiger partial charge in [0.05, 0.1) is 18.9 Å². The second kappa shape index (κ2) is 11.9. The van der Waals surface area contributed by atoms with E-state index in [2.05, 4.69) is 10.3 Å². The van der Waals surface area contributed by atoms with Crippen LogP contribution in [0.3, 0.4) is 0 Å². The van der Waals surface area contributed by atoms with Gasteiger partial charge in [0.25, 0.3) is 0 Å². The molecule has 1 atom stereocenters. The second-order valence-electron chi connectivity index (χ2n) is 8.85. The number of hydrogen-bond acceptors (Lipinski definition) is 8. The molecule has 0 amide bonds. The van der Waals surface area contributed by atoms with Gasteiger partial charge in [0, 0.05) is 31.6 Å². The molecule has 3 aromatic rings. The molecule has 2 aromatic carbocycles. The van der Waals surface area contributed by atoms with Crippen molar-refractivity contribution in [1.82, 2.24) is 14.6 Å². The van der Waals surface area contributed by atoms with E-state index in [1.165, 1.54) is 0 Å². The van der Waals surface area contributed by atoms with Gasteiger partial charge in [-0.15, -0.1) is 0 Å². The van der Waals surface area contributed by atoms with Crippen LogP contribution in [0.5, 0.6) is 5.75 Å². The smallest absolute Gasteiger partial charge is 0.318 e. The normalized spacial score (nSPS) is 16.1. The van der Waals surface area contributed by atoms with Crippen LogP contribution in [-0.4, -0.2) is 67.1 Å². The average molecular weight is 530 g/mol. The number of rotatable bonds is 11. The zero-order chi connectivity index (χ0) is 26.4. The van der Waals surface area contributed by atoms with E-state index in [-0.39, 0.29) is 19.7 Å². The molecule has 1 saturated heterocycles. The number of carboxylic acid groups (broad SMARTS) is 1. The van der Waals surface area contributed by atoms with Crippen molar-refractivity contribution in [1.29, 1.82) is 0 Å². The van der Waals surface area contributed by atoms with E-state index in [1.807, 2.05) is 38.1 Å². The summed E-state index contributed by atoms with van der Waals surface area (Å²) in [5.74, 6) is 0.585. The van der Waals surface area contributed by atoms with Gasteiger partial charge in [-0.1, -0.05) is 29.8 Å². The Bertz CT molecular complexity index is 1320. The predicted octanol–water partition coefficient (Wildman–Crippen LogP) is 2.74. The van der Waals surface area contributed by atoms with Crippen LogP contribution in [0.15, 0.2) is 52.9 Å². The van der Waals surface area contributed by atoms with Gasteiger partial charge in [0.1, 0.15) is 18.1 Å². The minimum Gasteiger partial charge on any atom is -0.493 e. The van der Waals surface area contributed by atoms with Gasteiger partial charge in [0.15, 0.2) is 5.44 Å². The van der Waals surface area contributed by atoms with Crippen molar-refractivity contribution >= 4 is 16.0 Å². The van der Waals surface area contributed by atoms with Crippen LogP contribution in [0.25, 0.3) is 11.5 Å². The summed E-state index contributed by atoms with van der Waals surface area (Å²) >= 11 is 0. The molecule has 0 saturated carbocycles. The summed E-state index contributed by atoms with van der Waals surface area (Å²) in [6.07, 6.45) is 0.525. The van der Waals surface area contributed by atoms with Crippen molar-refractivity contribution in [2.45, 2.75) is 32.2 Å². The molecular formula is C26H31N3O7S. The third-order valence-electron chi connectivity index (χ3n) is 5.95. The molecule has 11 heteroatoms. The Labute approximate surface area is 216 Å². The molecule has 0 spiro atoms. The van der Waals surface area contributed by atoms with Gasteiger partial charge in [-0.25, -0.2) is 13.4 Å². The summed E-state index contributed by atoms with van der Waals surface area (Å²) in [6.45, 7) is 4.34. The van der Waals surface area contributed by atoms with Crippen molar-refractivity contribution in [3.8, 4) is 17.2 Å². The highest BCUT2D eigenvalue weighted by Gasteiger charge is 2.35. The van der Waals surface area contributed by atoms with Gasteiger partial charge in [0.2, 0.25) is 15.9 Å². The minimum absolute atomic E-state index is 0.106. The number of hydrogen-bond donors (Lipinski definition) is 2. The number of aryl methyl sites for hydroxylation is 2. The van der Waals surface area contributed by atoms with Crippen molar-refractivity contribution in [3.05, 3.63) is 71.1 Å². The Kier molecular flexibility index (Phi) is 8.59. The minimum atomic E-state index is -4.00. The quantitative estimate of drug-likeness (QED) is 0.385. The fraction of sp³-hybridized carbons (Fsp3) is 0.385. The molecule has 1 fully saturated rings. The van der Waals surface area contributed by atoms with E-state index < -0.39 is 28.0 Å². The van der Waals surface area contributed by atoms with Crippen LogP contribution in [0.4, 0.5) is 0 Å². The summed E-state index contributed by atoms with van der Waals surface area (Å²) in [4.78, 5) is 16.0. The van der Waals surface area contributed by atoms with Crippen LogP contribution in [0.1, 0.15) is 22.6 Å². The summed E-state index contributed by atoms with van der Waals surface area (Å²) in [6, 6.07) is 14.9. The van der Waals surface area contributed by atoms with Crippen LogP contribution < -0.4 is 10.1 Å². The first kappa shape index (κ1) is 26.8. The van der Waals surface area contributed by atoms with Crippen molar-refractivity contribution in [2.24, 2.45) is 0 Å². The van der Waals surface area contributed by atoms with Gasteiger partial charge in [-0.3, -0.25) is 4.79 Å². The topological polar surface area (TPSA) is 131 Å².